The molecule has 0 spiro atoms. The molecule has 0 aliphatic carbocycles. The lowest BCUT2D eigenvalue weighted by Crippen LogP contribution is -2.30. The van der Waals surface area contributed by atoms with Gasteiger partial charge in [-0.15, -0.1) is 11.3 Å². The molecule has 3 rings (SSSR count). The highest BCUT2D eigenvalue weighted by atomic mass is 32.1. The number of carbonyl (C=O) groups is 2. The highest BCUT2D eigenvalue weighted by Crippen LogP contribution is 2.21. The summed E-state index contributed by atoms with van der Waals surface area (Å²) >= 11 is 1.52. The molecule has 2 aromatic heterocycles. The van der Waals surface area contributed by atoms with Crippen molar-refractivity contribution in [1.82, 2.24) is 10.1 Å². The quantitative estimate of drug-likeness (QED) is 0.604. The van der Waals surface area contributed by atoms with Crippen LogP contribution in [0.5, 0.6) is 5.75 Å². The number of aromatic nitrogens is 2. The molecule has 0 saturated heterocycles. The molecular weight excluding hydrogens is 382 g/mol. The molecule has 0 aliphatic rings. The summed E-state index contributed by atoms with van der Waals surface area (Å²) < 4.78 is 15.9. The van der Waals surface area contributed by atoms with Crippen LogP contribution in [0.1, 0.15) is 33.7 Å². The number of hydrogen-bond acceptors (Lipinski definition) is 8. The van der Waals surface area contributed by atoms with E-state index in [1.54, 1.807) is 37.3 Å². The molecule has 0 radical (unpaired) electrons. The number of para-hydroxylation sites is 1. The van der Waals surface area contributed by atoms with Crippen LogP contribution >= 0.6 is 11.3 Å². The van der Waals surface area contributed by atoms with E-state index in [0.717, 1.165) is 10.7 Å². The van der Waals surface area contributed by atoms with Crippen molar-refractivity contribution in [3.05, 3.63) is 57.7 Å². The molecule has 146 valence electrons. The summed E-state index contributed by atoms with van der Waals surface area (Å²) in [6, 6.07) is 8.25. The van der Waals surface area contributed by atoms with Gasteiger partial charge in [-0.25, -0.2) is 9.78 Å². The molecule has 1 amide bonds. The van der Waals surface area contributed by atoms with E-state index in [9.17, 15) is 9.59 Å². The standard InChI is InChI=1S/C19H19N3O5S/c1-11-8-17(22-27-11)21-18(23)12(2)26-19(24)15-6-4-5-7-16(15)25-9-14-10-28-13(3)20-14/h4-8,10,12H,9H2,1-3H3,(H,21,22,23)/t12-/m0/s1. The summed E-state index contributed by atoms with van der Waals surface area (Å²) in [7, 11) is 0. The third-order valence-electron chi connectivity index (χ3n) is 3.68. The Labute approximate surface area is 165 Å². The third kappa shape index (κ3) is 4.95. The first-order valence-electron chi connectivity index (χ1n) is 8.50. The molecule has 0 aliphatic heterocycles. The predicted molar refractivity (Wildman–Crippen MR) is 102 cm³/mol. The minimum Gasteiger partial charge on any atom is -0.486 e. The van der Waals surface area contributed by atoms with Gasteiger partial charge in [-0.2, -0.15) is 0 Å². The van der Waals surface area contributed by atoms with Gasteiger partial charge in [-0.1, -0.05) is 17.3 Å². The van der Waals surface area contributed by atoms with Gasteiger partial charge in [0, 0.05) is 11.4 Å². The zero-order valence-electron chi connectivity index (χ0n) is 15.6. The van der Waals surface area contributed by atoms with Gasteiger partial charge in [-0.3, -0.25) is 4.79 Å². The van der Waals surface area contributed by atoms with E-state index >= 15 is 0 Å². The molecule has 8 nitrogen and oxygen atoms in total. The number of amides is 1. The molecule has 3 aromatic rings. The molecule has 0 unspecified atom stereocenters. The number of ether oxygens (including phenoxy) is 2. The maximum absolute atomic E-state index is 12.5. The van der Waals surface area contributed by atoms with Crippen LogP contribution in [0.3, 0.4) is 0 Å². The van der Waals surface area contributed by atoms with Crippen molar-refractivity contribution in [2.75, 3.05) is 5.32 Å². The lowest BCUT2D eigenvalue weighted by atomic mass is 10.2. The lowest BCUT2D eigenvalue weighted by molar-refractivity contribution is -0.123. The first-order chi connectivity index (χ1) is 13.4. The molecule has 1 atom stereocenters. The number of nitrogens with one attached hydrogen (secondary N) is 1. The topological polar surface area (TPSA) is 104 Å². The second-order valence-corrected chi connectivity index (χ2v) is 7.06. The Hall–Kier alpha value is -3.20. The van der Waals surface area contributed by atoms with Gasteiger partial charge >= 0.3 is 5.97 Å². The average molecular weight is 401 g/mol. The molecule has 2 heterocycles. The Morgan fingerprint density at radius 1 is 1.29 bits per heavy atom. The average Bonchev–Trinajstić information content (AvgIpc) is 3.27. The Kier molecular flexibility index (Phi) is 6.05. The van der Waals surface area contributed by atoms with Crippen molar-refractivity contribution in [2.24, 2.45) is 0 Å². The molecule has 28 heavy (non-hydrogen) atoms. The van der Waals surface area contributed by atoms with E-state index < -0.39 is 18.0 Å². The van der Waals surface area contributed by atoms with Gasteiger partial charge in [0.25, 0.3) is 5.91 Å². The van der Waals surface area contributed by atoms with E-state index in [-0.39, 0.29) is 18.0 Å². The van der Waals surface area contributed by atoms with Crippen molar-refractivity contribution in [2.45, 2.75) is 33.5 Å². The Balaban J connectivity index is 1.62. The minimum absolute atomic E-state index is 0.228. The van der Waals surface area contributed by atoms with E-state index in [1.807, 2.05) is 12.3 Å². The van der Waals surface area contributed by atoms with Gasteiger partial charge in [0.1, 0.15) is 23.7 Å². The summed E-state index contributed by atoms with van der Waals surface area (Å²) in [6.45, 7) is 5.32. The zero-order chi connectivity index (χ0) is 20.1. The van der Waals surface area contributed by atoms with E-state index in [2.05, 4.69) is 15.5 Å². The van der Waals surface area contributed by atoms with Crippen molar-refractivity contribution in [3.8, 4) is 5.75 Å². The zero-order valence-corrected chi connectivity index (χ0v) is 16.4. The van der Waals surface area contributed by atoms with Crippen LogP contribution in [0.15, 0.2) is 40.2 Å². The van der Waals surface area contributed by atoms with Crippen LogP contribution in [0.25, 0.3) is 0 Å². The molecule has 0 saturated carbocycles. The van der Waals surface area contributed by atoms with Crippen molar-refractivity contribution in [3.63, 3.8) is 0 Å². The summed E-state index contributed by atoms with van der Waals surface area (Å²) in [6.07, 6.45) is -1.03. The fraction of sp³-hybridized carbons (Fsp3) is 0.263. The monoisotopic (exact) mass is 401 g/mol. The second kappa shape index (κ2) is 8.66. The minimum atomic E-state index is -1.03. The maximum atomic E-state index is 12.5. The van der Waals surface area contributed by atoms with Crippen LogP contribution in [-0.2, 0) is 16.1 Å². The first-order valence-corrected chi connectivity index (χ1v) is 9.38. The lowest BCUT2D eigenvalue weighted by Gasteiger charge is -2.14. The third-order valence-corrected chi connectivity index (χ3v) is 4.50. The van der Waals surface area contributed by atoms with E-state index in [1.165, 1.54) is 18.3 Å². The van der Waals surface area contributed by atoms with Crippen LogP contribution in [-0.4, -0.2) is 28.1 Å². The number of benzene rings is 1. The van der Waals surface area contributed by atoms with E-state index in [0.29, 0.717) is 11.5 Å². The normalized spacial score (nSPS) is 11.7. The summed E-state index contributed by atoms with van der Waals surface area (Å²) in [5.41, 5.74) is 1.01. The molecule has 1 N–H and O–H groups in total. The van der Waals surface area contributed by atoms with E-state index in [4.69, 9.17) is 14.0 Å². The molecule has 9 heteroatoms. The highest BCUT2D eigenvalue weighted by molar-refractivity contribution is 7.09. The van der Waals surface area contributed by atoms with Crippen LogP contribution in [0, 0.1) is 13.8 Å². The number of thiazole rings is 1. The largest absolute Gasteiger partial charge is 0.486 e. The summed E-state index contributed by atoms with van der Waals surface area (Å²) in [5.74, 6) is -0.00561. The highest BCUT2D eigenvalue weighted by Gasteiger charge is 2.22. The summed E-state index contributed by atoms with van der Waals surface area (Å²) in [5, 5.41) is 9.03. The SMILES string of the molecule is Cc1cc(NC(=O)[C@H](C)OC(=O)c2ccccc2OCc2csc(C)n2)no1. The fourth-order valence-electron chi connectivity index (χ4n) is 2.32. The number of carbonyl (C=O) groups excluding carboxylic acids is 2. The van der Waals surface area contributed by atoms with Gasteiger partial charge in [0.2, 0.25) is 0 Å². The Bertz CT molecular complexity index is 981. The molecular formula is C19H19N3O5S. The number of anilines is 1. The Morgan fingerprint density at radius 2 is 2.07 bits per heavy atom. The van der Waals surface area contributed by atoms with Crippen molar-refractivity contribution < 1.29 is 23.6 Å². The first kappa shape index (κ1) is 19.6. The van der Waals surface area contributed by atoms with Gasteiger partial charge < -0.3 is 19.3 Å². The van der Waals surface area contributed by atoms with Crippen LogP contribution < -0.4 is 10.1 Å². The molecule has 0 fully saturated rings. The van der Waals surface area contributed by atoms with Gasteiger partial charge in [-0.05, 0) is 32.9 Å². The molecule has 1 aromatic carbocycles. The Morgan fingerprint density at radius 3 is 2.75 bits per heavy atom. The number of esters is 1. The number of nitrogens with zero attached hydrogens (tertiary/aromatic N) is 2. The van der Waals surface area contributed by atoms with Crippen LogP contribution in [0.4, 0.5) is 5.82 Å². The smallest absolute Gasteiger partial charge is 0.342 e. The number of aryl methyl sites for hydroxylation is 2. The number of rotatable bonds is 7. The predicted octanol–water partition coefficient (Wildman–Crippen LogP) is 3.51. The van der Waals surface area contributed by atoms with Gasteiger partial charge in [0.15, 0.2) is 11.9 Å². The van der Waals surface area contributed by atoms with Crippen LogP contribution in [0.2, 0.25) is 0 Å². The number of hydrogen-bond donors (Lipinski definition) is 1. The summed E-state index contributed by atoms with van der Waals surface area (Å²) in [4.78, 5) is 29.0. The van der Waals surface area contributed by atoms with Gasteiger partial charge in [0.05, 0.1) is 10.7 Å². The second-order valence-electron chi connectivity index (χ2n) is 6.00. The maximum Gasteiger partial charge on any atom is 0.342 e. The van der Waals surface area contributed by atoms with Crippen molar-refractivity contribution in [1.29, 1.82) is 0 Å². The van der Waals surface area contributed by atoms with Crippen molar-refractivity contribution >= 4 is 29.0 Å². The fourth-order valence-corrected chi connectivity index (χ4v) is 2.92. The molecule has 0 bridgehead atoms.